The van der Waals surface area contributed by atoms with Crippen LogP contribution in [0.2, 0.25) is 0 Å². The van der Waals surface area contributed by atoms with Crippen LogP contribution in [0, 0.1) is 45.8 Å². The summed E-state index contributed by atoms with van der Waals surface area (Å²) in [5, 5.41) is 18.1. The Morgan fingerprint density at radius 1 is 0.935 bits per heavy atom. The van der Waals surface area contributed by atoms with Crippen molar-refractivity contribution in [2.24, 2.45) is 40.4 Å². The molecule has 7 atom stereocenters. The number of hydrogen-bond acceptors (Lipinski definition) is 3. The molecule has 0 aromatic rings. The second kappa shape index (κ2) is 8.41. The van der Waals surface area contributed by atoms with Crippen molar-refractivity contribution in [2.75, 3.05) is 0 Å². The Labute approximate surface area is 189 Å². The number of aliphatic hydroxyl groups excluding tert-OH is 1. The van der Waals surface area contributed by atoms with Crippen molar-refractivity contribution in [2.45, 2.75) is 117 Å². The van der Waals surface area contributed by atoms with Gasteiger partial charge in [-0.25, -0.2) is 0 Å². The number of allylic oxidation sites excluding steroid dienone is 1. The van der Waals surface area contributed by atoms with Gasteiger partial charge in [-0.2, -0.15) is 0 Å². The first kappa shape index (κ1) is 21.8. The van der Waals surface area contributed by atoms with Crippen LogP contribution in [0.15, 0.2) is 11.5 Å². The van der Waals surface area contributed by atoms with Crippen LogP contribution < -0.4 is 0 Å². The molecule has 5 rings (SSSR count). The van der Waals surface area contributed by atoms with Crippen LogP contribution in [0.25, 0.3) is 0 Å². The van der Waals surface area contributed by atoms with E-state index in [0.717, 1.165) is 60.8 Å². The van der Waals surface area contributed by atoms with Crippen LogP contribution >= 0.6 is 0 Å². The highest BCUT2D eigenvalue weighted by Gasteiger charge is 2.59. The molecule has 0 aromatic heterocycles. The molecular weight excluding hydrogens is 382 g/mol. The minimum atomic E-state index is 0.0225. The predicted molar refractivity (Wildman–Crippen MR) is 126 cm³/mol. The molecule has 0 aliphatic heterocycles. The Morgan fingerprint density at radius 3 is 2.52 bits per heavy atom. The maximum Gasteiger partial charge on any atom is 0.282 e. The first-order chi connectivity index (χ1) is 14.9. The molecule has 3 nitrogen and oxygen atoms in total. The summed E-state index contributed by atoms with van der Waals surface area (Å²) in [5.41, 5.74) is 2.16. The first-order valence-corrected chi connectivity index (χ1v) is 13.6. The molecule has 0 bridgehead atoms. The van der Waals surface area contributed by atoms with Crippen LogP contribution in [-0.2, 0) is 4.74 Å². The average Bonchev–Trinajstić information content (AvgIpc) is 3.02. The van der Waals surface area contributed by atoms with Crippen LogP contribution in [0.1, 0.15) is 117 Å². The third-order valence-corrected chi connectivity index (χ3v) is 11.2. The van der Waals surface area contributed by atoms with Gasteiger partial charge in [-0.15, -0.1) is 0 Å². The van der Waals surface area contributed by atoms with Gasteiger partial charge in [0.1, 0.15) is 0 Å². The Balaban J connectivity index is 1.17. The van der Waals surface area contributed by atoms with Gasteiger partial charge in [0.15, 0.2) is 5.90 Å². The van der Waals surface area contributed by atoms with E-state index < -0.39 is 0 Å². The van der Waals surface area contributed by atoms with Gasteiger partial charge in [-0.05, 0) is 124 Å². The third-order valence-electron chi connectivity index (χ3n) is 11.2. The van der Waals surface area contributed by atoms with Gasteiger partial charge >= 0.3 is 0 Å². The SMILES string of the molecule is C[C@]12CCCCC1CC[C@@H]1C2CC[C@@]2(C)C1CC[C@@H]2CCCC(=N)OC(O)=C1CCC1. The van der Waals surface area contributed by atoms with Gasteiger partial charge in [-0.3, -0.25) is 5.41 Å². The summed E-state index contributed by atoms with van der Waals surface area (Å²) < 4.78 is 5.40. The Bertz CT molecular complexity index is 723. The summed E-state index contributed by atoms with van der Waals surface area (Å²) in [7, 11) is 0. The quantitative estimate of drug-likeness (QED) is 0.264. The van der Waals surface area contributed by atoms with E-state index in [9.17, 15) is 5.11 Å². The molecule has 0 saturated heterocycles. The van der Waals surface area contributed by atoms with Crippen LogP contribution in [-0.4, -0.2) is 11.0 Å². The maximum atomic E-state index is 9.98. The van der Waals surface area contributed by atoms with Gasteiger partial charge in [-0.1, -0.05) is 26.7 Å². The standard InChI is InChI=1S/C28H45NO2/c1-27-17-4-3-9-20(27)12-14-22-23-15-13-21(28(23,2)18-16-24(22)27)10-6-11-25(29)31-26(30)19-7-5-8-19/h20-24,29-30H,3-18H2,1-2H3/t20?,21-,22-,23?,24?,27-,28+/m0/s1. The number of hydrogen-bond donors (Lipinski definition) is 2. The third kappa shape index (κ3) is 3.76. The summed E-state index contributed by atoms with van der Waals surface area (Å²) in [4.78, 5) is 0. The van der Waals surface area contributed by atoms with Gasteiger partial charge < -0.3 is 9.84 Å². The Hall–Kier alpha value is -0.990. The fourth-order valence-electron chi connectivity index (χ4n) is 9.19. The highest BCUT2D eigenvalue weighted by molar-refractivity contribution is 5.73. The van der Waals surface area contributed by atoms with Crippen molar-refractivity contribution in [3.05, 3.63) is 11.5 Å². The normalized spacial score (nSPS) is 43.9. The molecule has 3 heteroatoms. The van der Waals surface area contributed by atoms with Gasteiger partial charge in [0.25, 0.3) is 5.95 Å². The molecule has 0 spiro atoms. The largest absolute Gasteiger partial charge is 0.481 e. The second-order valence-electron chi connectivity index (χ2n) is 12.4. The van der Waals surface area contributed by atoms with Crippen molar-refractivity contribution < 1.29 is 9.84 Å². The van der Waals surface area contributed by atoms with Crippen molar-refractivity contribution in [3.8, 4) is 0 Å². The van der Waals surface area contributed by atoms with E-state index >= 15 is 0 Å². The Morgan fingerprint density at radius 2 is 1.74 bits per heavy atom. The molecule has 5 fully saturated rings. The highest BCUT2D eigenvalue weighted by Crippen LogP contribution is 2.67. The highest BCUT2D eigenvalue weighted by atomic mass is 16.6. The molecule has 2 N–H and O–H groups in total. The van der Waals surface area contributed by atoms with E-state index in [1.807, 2.05) is 0 Å². The molecule has 3 unspecified atom stereocenters. The van der Waals surface area contributed by atoms with E-state index in [0.29, 0.717) is 17.3 Å². The molecule has 0 radical (unpaired) electrons. The fourth-order valence-corrected chi connectivity index (χ4v) is 9.19. The van der Waals surface area contributed by atoms with E-state index in [2.05, 4.69) is 13.8 Å². The predicted octanol–water partition coefficient (Wildman–Crippen LogP) is 8.15. The topological polar surface area (TPSA) is 53.3 Å². The van der Waals surface area contributed by atoms with E-state index in [4.69, 9.17) is 10.1 Å². The number of fused-ring (bicyclic) bond motifs is 5. The summed E-state index contributed by atoms with van der Waals surface area (Å²) in [6, 6.07) is 0. The molecule has 174 valence electrons. The lowest BCUT2D eigenvalue weighted by Gasteiger charge is -2.60. The number of aliphatic hydroxyl groups is 1. The van der Waals surface area contributed by atoms with Crippen molar-refractivity contribution in [3.63, 3.8) is 0 Å². The molecule has 5 aliphatic carbocycles. The molecule has 5 aliphatic rings. The molecule has 0 heterocycles. The minimum absolute atomic E-state index is 0.0225. The zero-order valence-corrected chi connectivity index (χ0v) is 20.1. The second-order valence-corrected chi connectivity index (χ2v) is 12.4. The maximum absolute atomic E-state index is 9.98. The van der Waals surface area contributed by atoms with Gasteiger partial charge in [0.05, 0.1) is 0 Å². The molecule has 0 aromatic carbocycles. The molecular formula is C28H45NO2. The van der Waals surface area contributed by atoms with E-state index in [1.54, 1.807) is 0 Å². The Kier molecular flexibility index (Phi) is 5.93. The van der Waals surface area contributed by atoms with Crippen molar-refractivity contribution >= 4 is 5.90 Å². The molecule has 5 saturated carbocycles. The smallest absolute Gasteiger partial charge is 0.282 e. The summed E-state index contributed by atoms with van der Waals surface area (Å²) >= 11 is 0. The molecule has 31 heavy (non-hydrogen) atoms. The number of nitrogens with one attached hydrogen (secondary N) is 1. The van der Waals surface area contributed by atoms with Gasteiger partial charge in [0, 0.05) is 12.0 Å². The van der Waals surface area contributed by atoms with Crippen LogP contribution in [0.3, 0.4) is 0 Å². The lowest BCUT2D eigenvalue weighted by atomic mass is 9.45. The van der Waals surface area contributed by atoms with Crippen molar-refractivity contribution in [1.29, 1.82) is 5.41 Å². The zero-order valence-electron chi connectivity index (χ0n) is 20.1. The average molecular weight is 428 g/mol. The summed E-state index contributed by atoms with van der Waals surface area (Å²) in [5.74, 6) is 5.03. The first-order valence-electron chi connectivity index (χ1n) is 13.6. The van der Waals surface area contributed by atoms with E-state index in [-0.39, 0.29) is 11.8 Å². The fraction of sp³-hybridized carbons (Fsp3) is 0.893. The molecule has 0 amide bonds. The monoisotopic (exact) mass is 427 g/mol. The summed E-state index contributed by atoms with van der Waals surface area (Å²) in [6.45, 7) is 5.32. The van der Waals surface area contributed by atoms with Crippen molar-refractivity contribution in [1.82, 2.24) is 0 Å². The lowest BCUT2D eigenvalue weighted by Crippen LogP contribution is -2.52. The lowest BCUT2D eigenvalue weighted by molar-refractivity contribution is -0.111. The summed E-state index contributed by atoms with van der Waals surface area (Å²) in [6.07, 6.45) is 20.6. The number of ether oxygens (including phenoxy) is 1. The van der Waals surface area contributed by atoms with Crippen LogP contribution in [0.4, 0.5) is 0 Å². The van der Waals surface area contributed by atoms with E-state index in [1.165, 1.54) is 70.6 Å². The zero-order chi connectivity index (χ0) is 21.6. The number of rotatable bonds is 5. The van der Waals surface area contributed by atoms with Gasteiger partial charge in [0.2, 0.25) is 0 Å². The van der Waals surface area contributed by atoms with Crippen LogP contribution in [0.5, 0.6) is 0 Å². The minimum Gasteiger partial charge on any atom is -0.481 e.